The molecule has 4 rings (SSSR count). The lowest BCUT2D eigenvalue weighted by atomic mass is 10.0. The maximum atomic E-state index is 4.58. The smallest absolute Gasteiger partial charge is 0.104 e. The molecule has 0 radical (unpaired) electrons. The Morgan fingerprint density at radius 1 is 0.960 bits per heavy atom. The zero-order valence-corrected chi connectivity index (χ0v) is 14.3. The van der Waals surface area contributed by atoms with Gasteiger partial charge in [-0.3, -0.25) is 9.99 Å². The molecule has 1 aromatic heterocycles. The summed E-state index contributed by atoms with van der Waals surface area (Å²) in [5.41, 5.74) is 2.35. The first-order chi connectivity index (χ1) is 12.4. The second-order valence-corrected chi connectivity index (χ2v) is 6.52. The molecular weight excluding hydrogens is 308 g/mol. The number of rotatable bonds is 4. The van der Waals surface area contributed by atoms with Crippen LogP contribution in [-0.4, -0.2) is 42.4 Å². The maximum absolute atomic E-state index is 4.58. The average Bonchev–Trinajstić information content (AvgIpc) is 2.69. The van der Waals surface area contributed by atoms with Crippen molar-refractivity contribution < 1.29 is 4.90 Å². The molecule has 1 fully saturated rings. The van der Waals surface area contributed by atoms with Crippen molar-refractivity contribution in [2.24, 2.45) is 5.10 Å². The Kier molecular flexibility index (Phi) is 4.70. The van der Waals surface area contributed by atoms with Gasteiger partial charge in [0.15, 0.2) is 0 Å². The Morgan fingerprint density at radius 2 is 1.76 bits per heavy atom. The van der Waals surface area contributed by atoms with E-state index in [1.165, 1.54) is 16.3 Å². The van der Waals surface area contributed by atoms with Crippen LogP contribution < -0.4 is 4.90 Å². The van der Waals surface area contributed by atoms with Gasteiger partial charge in [-0.15, -0.1) is 0 Å². The number of hydrazone groups is 1. The third-order valence-electron chi connectivity index (χ3n) is 4.81. The number of fused-ring (bicyclic) bond motifs is 1. The highest BCUT2D eigenvalue weighted by atomic mass is 15.5. The lowest BCUT2D eigenvalue weighted by Gasteiger charge is -2.30. The molecule has 1 aliphatic rings. The molecule has 0 bridgehead atoms. The van der Waals surface area contributed by atoms with Crippen LogP contribution in [0.5, 0.6) is 0 Å². The topological polar surface area (TPSA) is 32.9 Å². The van der Waals surface area contributed by atoms with Crippen molar-refractivity contribution in [1.29, 1.82) is 0 Å². The van der Waals surface area contributed by atoms with E-state index in [-0.39, 0.29) is 0 Å². The molecule has 126 valence electrons. The number of pyridine rings is 1. The highest BCUT2D eigenvalue weighted by Crippen LogP contribution is 2.17. The molecule has 1 N–H and O–H groups in total. The SMILES string of the molecule is C(=N/N1CC[NH+](Cc2cccc3ccccc23)CC1)/c1ccccn1. The van der Waals surface area contributed by atoms with Crippen molar-refractivity contribution in [2.45, 2.75) is 6.54 Å². The predicted molar refractivity (Wildman–Crippen MR) is 102 cm³/mol. The summed E-state index contributed by atoms with van der Waals surface area (Å²) in [6.07, 6.45) is 3.66. The van der Waals surface area contributed by atoms with E-state index in [1.807, 2.05) is 24.4 Å². The minimum atomic E-state index is 0.910. The molecule has 0 spiro atoms. The van der Waals surface area contributed by atoms with Gasteiger partial charge in [0.1, 0.15) is 6.54 Å². The van der Waals surface area contributed by atoms with Gasteiger partial charge in [-0.1, -0.05) is 48.5 Å². The third kappa shape index (κ3) is 3.86. The summed E-state index contributed by atoms with van der Waals surface area (Å²) in [6.45, 7) is 5.29. The highest BCUT2D eigenvalue weighted by molar-refractivity contribution is 5.85. The van der Waals surface area contributed by atoms with Crippen LogP contribution in [0.15, 0.2) is 72.0 Å². The molecule has 0 saturated carbocycles. The van der Waals surface area contributed by atoms with Crippen LogP contribution in [0.4, 0.5) is 0 Å². The number of hydrogen-bond acceptors (Lipinski definition) is 3. The molecule has 2 aromatic carbocycles. The molecule has 25 heavy (non-hydrogen) atoms. The lowest BCUT2D eigenvalue weighted by Crippen LogP contribution is -3.13. The third-order valence-corrected chi connectivity index (χ3v) is 4.81. The normalized spacial score (nSPS) is 15.9. The molecule has 1 saturated heterocycles. The van der Waals surface area contributed by atoms with Crippen molar-refractivity contribution >= 4 is 17.0 Å². The van der Waals surface area contributed by atoms with Crippen molar-refractivity contribution in [1.82, 2.24) is 9.99 Å². The van der Waals surface area contributed by atoms with Gasteiger partial charge in [0.05, 0.1) is 38.1 Å². The van der Waals surface area contributed by atoms with Crippen LogP contribution in [0.3, 0.4) is 0 Å². The first-order valence-electron chi connectivity index (χ1n) is 8.89. The van der Waals surface area contributed by atoms with Gasteiger partial charge in [-0.25, -0.2) is 0 Å². The predicted octanol–water partition coefficient (Wildman–Crippen LogP) is 1.97. The van der Waals surface area contributed by atoms with Crippen LogP contribution in [0.25, 0.3) is 10.8 Å². The number of nitrogens with zero attached hydrogens (tertiary/aromatic N) is 3. The van der Waals surface area contributed by atoms with Crippen molar-refractivity contribution in [3.8, 4) is 0 Å². The first-order valence-corrected chi connectivity index (χ1v) is 8.89. The number of nitrogens with one attached hydrogen (secondary N) is 1. The number of aromatic nitrogens is 1. The minimum Gasteiger partial charge on any atom is -0.328 e. The second-order valence-electron chi connectivity index (χ2n) is 6.52. The molecule has 0 unspecified atom stereocenters. The van der Waals surface area contributed by atoms with Crippen LogP contribution in [0.1, 0.15) is 11.3 Å². The van der Waals surface area contributed by atoms with Gasteiger partial charge in [0.2, 0.25) is 0 Å². The minimum absolute atomic E-state index is 0.910. The van der Waals surface area contributed by atoms with Crippen LogP contribution >= 0.6 is 0 Å². The van der Waals surface area contributed by atoms with Crippen LogP contribution in [0.2, 0.25) is 0 Å². The number of hydrogen-bond donors (Lipinski definition) is 1. The summed E-state index contributed by atoms with van der Waals surface area (Å²) in [6, 6.07) is 21.2. The fourth-order valence-electron chi connectivity index (χ4n) is 3.41. The van der Waals surface area contributed by atoms with E-state index in [1.54, 1.807) is 11.1 Å². The highest BCUT2D eigenvalue weighted by Gasteiger charge is 2.19. The van der Waals surface area contributed by atoms with Crippen LogP contribution in [0, 0.1) is 0 Å². The summed E-state index contributed by atoms with van der Waals surface area (Å²) in [4.78, 5) is 5.91. The van der Waals surface area contributed by atoms with E-state index in [4.69, 9.17) is 0 Å². The van der Waals surface area contributed by atoms with E-state index in [0.717, 1.165) is 38.4 Å². The summed E-state index contributed by atoms with van der Waals surface area (Å²) in [7, 11) is 0. The van der Waals surface area contributed by atoms with Crippen molar-refractivity contribution in [3.05, 3.63) is 78.1 Å². The van der Waals surface area contributed by atoms with Gasteiger partial charge in [-0.05, 0) is 22.9 Å². The van der Waals surface area contributed by atoms with E-state index in [9.17, 15) is 0 Å². The second kappa shape index (κ2) is 7.45. The summed E-state index contributed by atoms with van der Waals surface area (Å²) >= 11 is 0. The quantitative estimate of drug-likeness (QED) is 0.742. The van der Waals surface area contributed by atoms with Crippen LogP contribution in [-0.2, 0) is 6.54 Å². The number of piperazine rings is 1. The van der Waals surface area contributed by atoms with Crippen molar-refractivity contribution in [2.75, 3.05) is 26.2 Å². The summed E-state index contributed by atoms with van der Waals surface area (Å²) in [5.74, 6) is 0. The van der Waals surface area contributed by atoms with E-state index >= 15 is 0 Å². The fourth-order valence-corrected chi connectivity index (χ4v) is 3.41. The average molecular weight is 331 g/mol. The molecule has 4 heteroatoms. The zero-order chi connectivity index (χ0) is 16.9. The summed E-state index contributed by atoms with van der Waals surface area (Å²) < 4.78 is 0. The van der Waals surface area contributed by atoms with E-state index in [2.05, 4.69) is 57.6 Å². The Labute approximate surface area is 148 Å². The largest absolute Gasteiger partial charge is 0.328 e. The molecule has 0 atom stereocenters. The Morgan fingerprint density at radius 3 is 2.60 bits per heavy atom. The molecule has 3 aromatic rings. The maximum Gasteiger partial charge on any atom is 0.104 e. The Hall–Kier alpha value is -2.72. The Bertz CT molecular complexity index is 847. The van der Waals surface area contributed by atoms with Gasteiger partial charge < -0.3 is 4.90 Å². The van der Waals surface area contributed by atoms with E-state index < -0.39 is 0 Å². The lowest BCUT2D eigenvalue weighted by molar-refractivity contribution is -0.918. The van der Waals surface area contributed by atoms with E-state index in [0.29, 0.717) is 0 Å². The molecule has 0 amide bonds. The molecule has 2 heterocycles. The van der Waals surface area contributed by atoms with Gasteiger partial charge in [0, 0.05) is 11.8 Å². The standard InChI is InChI=1S/C21H22N4/c1-2-10-21-18(6-1)7-5-8-19(21)17-24-12-14-25(15-13-24)23-16-20-9-3-4-11-22-20/h1-11,16H,12-15,17H2/p+1/b23-16-. The number of benzene rings is 2. The Balaban J connectivity index is 1.36. The molecular formula is C21H23N4+. The summed E-state index contributed by atoms with van der Waals surface area (Å²) in [5, 5.41) is 9.45. The van der Waals surface area contributed by atoms with Gasteiger partial charge in [0.25, 0.3) is 0 Å². The first kappa shape index (κ1) is 15.8. The molecule has 4 nitrogen and oxygen atoms in total. The monoisotopic (exact) mass is 331 g/mol. The van der Waals surface area contributed by atoms with Gasteiger partial charge >= 0.3 is 0 Å². The molecule has 1 aliphatic heterocycles. The number of quaternary nitrogens is 1. The fraction of sp³-hybridized carbons (Fsp3) is 0.238. The zero-order valence-electron chi connectivity index (χ0n) is 14.3. The van der Waals surface area contributed by atoms with Crippen molar-refractivity contribution in [3.63, 3.8) is 0 Å². The molecule has 0 aliphatic carbocycles. The van der Waals surface area contributed by atoms with Gasteiger partial charge in [-0.2, -0.15) is 5.10 Å².